The van der Waals surface area contributed by atoms with Gasteiger partial charge in [0.2, 0.25) is 5.91 Å². The summed E-state index contributed by atoms with van der Waals surface area (Å²) in [5, 5.41) is 0. The van der Waals surface area contributed by atoms with E-state index in [1.54, 1.807) is 11.9 Å². The Morgan fingerprint density at radius 2 is 2.08 bits per heavy atom. The van der Waals surface area contributed by atoms with E-state index in [1.807, 2.05) is 0 Å². The zero-order valence-electron chi connectivity index (χ0n) is 7.71. The van der Waals surface area contributed by atoms with Crippen LogP contribution >= 0.6 is 0 Å². The lowest BCUT2D eigenvalue weighted by Crippen LogP contribution is -2.52. The third-order valence-corrected chi connectivity index (χ3v) is 2.97. The van der Waals surface area contributed by atoms with Crippen molar-refractivity contribution in [2.45, 2.75) is 37.8 Å². The molecule has 0 aliphatic carbocycles. The standard InChI is InChI=1S/C9H13NO3/c1-10-7(11)3-2-5-9(10)6-4-8(12)13-9/h2-6H2,1H3. The van der Waals surface area contributed by atoms with Crippen molar-refractivity contribution >= 4 is 11.9 Å². The lowest BCUT2D eigenvalue weighted by atomic mass is 9.96. The van der Waals surface area contributed by atoms with Crippen molar-refractivity contribution in [2.75, 3.05) is 7.05 Å². The second-order valence-electron chi connectivity index (χ2n) is 3.73. The highest BCUT2D eigenvalue weighted by atomic mass is 16.6. The molecule has 72 valence electrons. The fourth-order valence-electron chi connectivity index (χ4n) is 2.10. The smallest absolute Gasteiger partial charge is 0.308 e. The average molecular weight is 183 g/mol. The fourth-order valence-corrected chi connectivity index (χ4v) is 2.10. The van der Waals surface area contributed by atoms with E-state index >= 15 is 0 Å². The van der Waals surface area contributed by atoms with Crippen LogP contribution in [0, 0.1) is 0 Å². The van der Waals surface area contributed by atoms with Gasteiger partial charge in [-0.25, -0.2) is 0 Å². The number of rotatable bonds is 0. The van der Waals surface area contributed by atoms with Gasteiger partial charge in [0.1, 0.15) is 0 Å². The SMILES string of the molecule is CN1C(=O)CCCC12CCC(=O)O2. The first-order valence-corrected chi connectivity index (χ1v) is 4.63. The monoisotopic (exact) mass is 183 g/mol. The molecule has 1 spiro atoms. The van der Waals surface area contributed by atoms with Gasteiger partial charge in [-0.05, 0) is 6.42 Å². The Labute approximate surface area is 76.8 Å². The molecular weight excluding hydrogens is 170 g/mol. The molecule has 0 N–H and O–H groups in total. The second kappa shape index (κ2) is 2.72. The average Bonchev–Trinajstić information content (AvgIpc) is 2.45. The fraction of sp³-hybridized carbons (Fsp3) is 0.778. The number of carbonyl (C=O) groups excluding carboxylic acids is 2. The van der Waals surface area contributed by atoms with E-state index in [0.717, 1.165) is 12.8 Å². The number of hydrogen-bond acceptors (Lipinski definition) is 3. The molecule has 0 saturated carbocycles. The van der Waals surface area contributed by atoms with Gasteiger partial charge in [0.05, 0.1) is 6.42 Å². The van der Waals surface area contributed by atoms with E-state index in [0.29, 0.717) is 19.3 Å². The molecule has 0 aromatic carbocycles. The van der Waals surface area contributed by atoms with E-state index < -0.39 is 5.72 Å². The van der Waals surface area contributed by atoms with E-state index in [2.05, 4.69) is 0 Å². The first-order chi connectivity index (χ1) is 6.14. The van der Waals surface area contributed by atoms with Gasteiger partial charge in [0, 0.05) is 26.3 Å². The normalized spacial score (nSPS) is 34.1. The van der Waals surface area contributed by atoms with Crippen molar-refractivity contribution in [3.8, 4) is 0 Å². The summed E-state index contributed by atoms with van der Waals surface area (Å²) in [5.74, 6) is -0.0949. The van der Waals surface area contributed by atoms with E-state index in [4.69, 9.17) is 4.74 Å². The van der Waals surface area contributed by atoms with Crippen LogP contribution in [0.3, 0.4) is 0 Å². The van der Waals surface area contributed by atoms with Crippen molar-refractivity contribution in [2.24, 2.45) is 0 Å². The summed E-state index contributed by atoms with van der Waals surface area (Å²) in [5.41, 5.74) is -0.591. The first-order valence-electron chi connectivity index (χ1n) is 4.63. The molecule has 2 heterocycles. The predicted molar refractivity (Wildman–Crippen MR) is 44.7 cm³/mol. The van der Waals surface area contributed by atoms with Crippen LogP contribution in [0.4, 0.5) is 0 Å². The van der Waals surface area contributed by atoms with Crippen molar-refractivity contribution < 1.29 is 14.3 Å². The molecule has 13 heavy (non-hydrogen) atoms. The number of piperidine rings is 1. The highest BCUT2D eigenvalue weighted by molar-refractivity contribution is 5.79. The van der Waals surface area contributed by atoms with E-state index in [1.165, 1.54) is 0 Å². The summed E-state index contributed by atoms with van der Waals surface area (Å²) in [6.07, 6.45) is 3.30. The van der Waals surface area contributed by atoms with Crippen LogP contribution in [0.2, 0.25) is 0 Å². The molecule has 2 aliphatic heterocycles. The molecule has 4 nitrogen and oxygen atoms in total. The maximum absolute atomic E-state index is 11.4. The van der Waals surface area contributed by atoms with Crippen LogP contribution < -0.4 is 0 Å². The molecule has 4 heteroatoms. The molecule has 2 fully saturated rings. The van der Waals surface area contributed by atoms with Crippen molar-refractivity contribution in [3.63, 3.8) is 0 Å². The maximum atomic E-state index is 11.4. The Bertz CT molecular complexity index is 264. The van der Waals surface area contributed by atoms with Gasteiger partial charge < -0.3 is 9.64 Å². The largest absolute Gasteiger partial charge is 0.439 e. The molecule has 2 saturated heterocycles. The zero-order chi connectivity index (χ0) is 9.47. The van der Waals surface area contributed by atoms with Crippen molar-refractivity contribution in [1.82, 2.24) is 4.90 Å². The van der Waals surface area contributed by atoms with Crippen molar-refractivity contribution in [3.05, 3.63) is 0 Å². The summed E-state index contributed by atoms with van der Waals surface area (Å²) >= 11 is 0. The third-order valence-electron chi connectivity index (χ3n) is 2.97. The molecule has 1 amide bonds. The minimum atomic E-state index is -0.591. The highest BCUT2D eigenvalue weighted by Crippen LogP contribution is 2.37. The Morgan fingerprint density at radius 3 is 2.69 bits per heavy atom. The number of amides is 1. The number of esters is 1. The number of likely N-dealkylation sites (tertiary alicyclic amines) is 1. The van der Waals surface area contributed by atoms with Gasteiger partial charge in [-0.3, -0.25) is 9.59 Å². The topological polar surface area (TPSA) is 46.6 Å². The minimum absolute atomic E-state index is 0.0842. The molecule has 0 bridgehead atoms. The highest BCUT2D eigenvalue weighted by Gasteiger charge is 2.47. The van der Waals surface area contributed by atoms with Crippen LogP contribution in [0.15, 0.2) is 0 Å². The molecule has 1 unspecified atom stereocenters. The summed E-state index contributed by atoms with van der Waals surface area (Å²) in [7, 11) is 1.72. The quantitative estimate of drug-likeness (QED) is 0.518. The Kier molecular flexibility index (Phi) is 1.78. The summed E-state index contributed by atoms with van der Waals surface area (Å²) < 4.78 is 5.24. The maximum Gasteiger partial charge on any atom is 0.308 e. The molecule has 2 rings (SSSR count). The van der Waals surface area contributed by atoms with Crippen LogP contribution in [0.1, 0.15) is 32.1 Å². The Hall–Kier alpha value is -1.06. The molecule has 0 aromatic heterocycles. The zero-order valence-corrected chi connectivity index (χ0v) is 7.71. The number of nitrogens with zero attached hydrogens (tertiary/aromatic N) is 1. The van der Waals surface area contributed by atoms with Gasteiger partial charge in [0.25, 0.3) is 0 Å². The summed E-state index contributed by atoms with van der Waals surface area (Å²) in [6.45, 7) is 0. The van der Waals surface area contributed by atoms with Gasteiger partial charge >= 0.3 is 5.97 Å². The number of carbonyl (C=O) groups is 2. The molecule has 2 aliphatic rings. The molecule has 0 radical (unpaired) electrons. The lowest BCUT2D eigenvalue weighted by Gasteiger charge is -2.40. The first kappa shape index (κ1) is 8.53. The van der Waals surface area contributed by atoms with Crippen molar-refractivity contribution in [1.29, 1.82) is 0 Å². The van der Waals surface area contributed by atoms with Crippen LogP contribution in [-0.2, 0) is 14.3 Å². The molecular formula is C9H13NO3. The molecule has 1 atom stereocenters. The third kappa shape index (κ3) is 1.20. The van der Waals surface area contributed by atoms with Gasteiger partial charge in [-0.2, -0.15) is 0 Å². The minimum Gasteiger partial charge on any atom is -0.439 e. The predicted octanol–water partition coefficient (Wildman–Crippen LogP) is 0.662. The van der Waals surface area contributed by atoms with Gasteiger partial charge in [-0.1, -0.05) is 0 Å². The van der Waals surface area contributed by atoms with Crippen LogP contribution in [0.5, 0.6) is 0 Å². The van der Waals surface area contributed by atoms with Gasteiger partial charge in [0.15, 0.2) is 5.72 Å². The number of hydrogen-bond donors (Lipinski definition) is 0. The Balaban J connectivity index is 2.21. The van der Waals surface area contributed by atoms with Crippen LogP contribution in [-0.4, -0.2) is 29.5 Å². The van der Waals surface area contributed by atoms with Gasteiger partial charge in [-0.15, -0.1) is 0 Å². The lowest BCUT2D eigenvalue weighted by molar-refractivity contribution is -0.179. The van der Waals surface area contributed by atoms with E-state index in [-0.39, 0.29) is 11.9 Å². The van der Waals surface area contributed by atoms with E-state index in [9.17, 15) is 9.59 Å². The Morgan fingerprint density at radius 1 is 1.31 bits per heavy atom. The second-order valence-corrected chi connectivity index (χ2v) is 3.73. The molecule has 0 aromatic rings. The van der Waals surface area contributed by atoms with Crippen LogP contribution in [0.25, 0.3) is 0 Å². The summed E-state index contributed by atoms with van der Waals surface area (Å²) in [6, 6.07) is 0. The number of ether oxygens (including phenoxy) is 1. The summed E-state index contributed by atoms with van der Waals surface area (Å²) in [4.78, 5) is 24.0.